The molecule has 1 saturated heterocycles. The fourth-order valence-corrected chi connectivity index (χ4v) is 3.27. The first-order chi connectivity index (χ1) is 16.0. The van der Waals surface area contributed by atoms with Crippen LogP contribution in [-0.4, -0.2) is 36.6 Å². The minimum Gasteiger partial charge on any atom is -0.444 e. The summed E-state index contributed by atoms with van der Waals surface area (Å²) < 4.78 is 10.4. The van der Waals surface area contributed by atoms with Crippen LogP contribution in [0.5, 0.6) is 0 Å². The number of benzene rings is 2. The molecule has 1 aliphatic rings. The van der Waals surface area contributed by atoms with Gasteiger partial charge in [0, 0.05) is 12.6 Å². The van der Waals surface area contributed by atoms with Gasteiger partial charge in [-0.2, -0.15) is 0 Å². The minimum absolute atomic E-state index is 0.0313. The van der Waals surface area contributed by atoms with Gasteiger partial charge in [-0.05, 0) is 30.9 Å². The smallest absolute Gasteiger partial charge is 0.414 e. The molecule has 0 saturated carbocycles. The molecule has 1 heterocycles. The van der Waals surface area contributed by atoms with Gasteiger partial charge in [-0.25, -0.2) is 9.59 Å². The van der Waals surface area contributed by atoms with Crippen molar-refractivity contribution in [1.82, 2.24) is 16.0 Å². The Balaban J connectivity index is 1.51. The van der Waals surface area contributed by atoms with Crippen molar-refractivity contribution in [2.45, 2.75) is 39.0 Å². The Hall–Kier alpha value is -3.88. The summed E-state index contributed by atoms with van der Waals surface area (Å²) in [7, 11) is 0. The topological polar surface area (TPSA) is 118 Å². The van der Waals surface area contributed by atoms with Gasteiger partial charge < -0.3 is 14.8 Å². The van der Waals surface area contributed by atoms with Crippen LogP contribution in [0.25, 0.3) is 0 Å². The highest BCUT2D eigenvalue weighted by Crippen LogP contribution is 2.19. The molecule has 2 unspecified atom stereocenters. The number of β-lactam (4-membered cyclic amide) rings is 1. The number of carbonyl (C=O) groups excluding carboxylic acids is 3. The lowest BCUT2D eigenvalue weighted by Gasteiger charge is -2.33. The zero-order valence-corrected chi connectivity index (χ0v) is 18.5. The zero-order chi connectivity index (χ0) is 23.5. The predicted octanol–water partition coefficient (Wildman–Crippen LogP) is 3.11. The van der Waals surface area contributed by atoms with Crippen molar-refractivity contribution in [3.8, 4) is 0 Å². The van der Waals surface area contributed by atoms with Crippen LogP contribution in [0.15, 0.2) is 65.7 Å². The fraction of sp³-hybridized carbons (Fsp3) is 0.333. The van der Waals surface area contributed by atoms with Gasteiger partial charge in [0.2, 0.25) is 11.9 Å². The van der Waals surface area contributed by atoms with E-state index in [2.05, 4.69) is 20.9 Å². The van der Waals surface area contributed by atoms with Crippen LogP contribution < -0.4 is 16.0 Å². The van der Waals surface area contributed by atoms with Crippen LogP contribution in [0.4, 0.5) is 9.59 Å². The Bertz CT molecular complexity index is 906. The lowest BCUT2D eigenvalue weighted by molar-refractivity contribution is -0.134. The zero-order valence-electron chi connectivity index (χ0n) is 18.5. The van der Waals surface area contributed by atoms with E-state index >= 15 is 0 Å². The minimum atomic E-state index is -0.757. The monoisotopic (exact) mass is 452 g/mol. The van der Waals surface area contributed by atoms with Crippen LogP contribution >= 0.6 is 0 Å². The van der Waals surface area contributed by atoms with Gasteiger partial charge in [0.15, 0.2) is 0 Å². The number of hydrogen-bond donors (Lipinski definition) is 3. The number of nitrogens with zero attached hydrogens (tertiary/aromatic N) is 1. The summed E-state index contributed by atoms with van der Waals surface area (Å²) in [6.07, 6.45) is -0.227. The second kappa shape index (κ2) is 12.2. The normalized spacial score (nSPS) is 16.6. The molecule has 1 fully saturated rings. The molecule has 1 aliphatic heterocycles. The van der Waals surface area contributed by atoms with E-state index in [1.54, 1.807) is 0 Å². The van der Waals surface area contributed by atoms with Gasteiger partial charge in [-0.3, -0.25) is 20.4 Å². The van der Waals surface area contributed by atoms with Gasteiger partial charge in [-0.15, -0.1) is 0 Å². The molecule has 3 N–H and O–H groups in total. The van der Waals surface area contributed by atoms with Crippen molar-refractivity contribution in [2.75, 3.05) is 6.54 Å². The summed E-state index contributed by atoms with van der Waals surface area (Å²) in [6, 6.07) is 18.6. The van der Waals surface area contributed by atoms with Crippen molar-refractivity contribution in [3.63, 3.8) is 0 Å². The SMILES string of the molecule is CC1NC(=O)C1CCCN=C(NC(=O)OCc1ccccc1)NC(=O)OCc1ccccc1. The van der Waals surface area contributed by atoms with E-state index in [1.165, 1.54) is 0 Å². The number of guanidine groups is 1. The third kappa shape index (κ3) is 7.95. The highest BCUT2D eigenvalue weighted by molar-refractivity contribution is 6.01. The van der Waals surface area contributed by atoms with Crippen LogP contribution in [0.1, 0.15) is 30.9 Å². The second-order valence-electron chi connectivity index (χ2n) is 7.65. The third-order valence-electron chi connectivity index (χ3n) is 5.12. The summed E-state index contributed by atoms with van der Waals surface area (Å²) in [5, 5.41) is 7.69. The van der Waals surface area contributed by atoms with Crippen LogP contribution in [0.3, 0.4) is 0 Å². The van der Waals surface area contributed by atoms with Gasteiger partial charge in [0.1, 0.15) is 13.2 Å². The standard InChI is InChI=1S/C24H28N4O5/c1-17-20(21(29)26-17)13-8-14-25-22(27-23(30)32-15-18-9-4-2-5-10-18)28-24(31)33-16-19-11-6-3-7-12-19/h2-7,9-12,17,20H,8,13-16H2,1H3,(H,26,29)(H2,25,27,28,30,31). The van der Waals surface area contributed by atoms with Crippen molar-refractivity contribution in [1.29, 1.82) is 0 Å². The van der Waals surface area contributed by atoms with Crippen molar-refractivity contribution in [2.24, 2.45) is 10.9 Å². The molecule has 0 bridgehead atoms. The second-order valence-corrected chi connectivity index (χ2v) is 7.65. The van der Waals surface area contributed by atoms with E-state index in [-0.39, 0.29) is 37.0 Å². The molecule has 2 aromatic carbocycles. The Morgan fingerprint density at radius 1 is 0.909 bits per heavy atom. The molecule has 0 radical (unpaired) electrons. The number of hydrogen-bond acceptors (Lipinski definition) is 6. The molecule has 3 rings (SSSR count). The predicted molar refractivity (Wildman–Crippen MR) is 122 cm³/mol. The first kappa shape index (κ1) is 23.8. The lowest BCUT2D eigenvalue weighted by atomic mass is 9.88. The maximum Gasteiger partial charge on any atom is 0.414 e. The molecule has 0 spiro atoms. The first-order valence-corrected chi connectivity index (χ1v) is 10.8. The van der Waals surface area contributed by atoms with Crippen molar-refractivity contribution in [3.05, 3.63) is 71.8 Å². The van der Waals surface area contributed by atoms with Crippen LogP contribution in [0, 0.1) is 5.92 Å². The molecule has 174 valence electrons. The third-order valence-corrected chi connectivity index (χ3v) is 5.12. The molecule has 0 aliphatic carbocycles. The highest BCUT2D eigenvalue weighted by Gasteiger charge is 2.34. The molecule has 9 heteroatoms. The quantitative estimate of drug-likeness (QED) is 0.246. The average molecular weight is 453 g/mol. The molecule has 3 amide bonds. The molecular weight excluding hydrogens is 424 g/mol. The van der Waals surface area contributed by atoms with E-state index in [0.717, 1.165) is 11.1 Å². The summed E-state index contributed by atoms with van der Waals surface area (Å²) in [4.78, 5) is 40.2. The molecular formula is C24H28N4O5. The molecule has 9 nitrogen and oxygen atoms in total. The van der Waals surface area contributed by atoms with Gasteiger partial charge >= 0.3 is 12.2 Å². The summed E-state index contributed by atoms with van der Waals surface area (Å²) >= 11 is 0. The number of amides is 3. The number of nitrogens with one attached hydrogen (secondary N) is 3. The van der Waals surface area contributed by atoms with Gasteiger partial charge in [-0.1, -0.05) is 60.7 Å². The maximum atomic E-state index is 12.2. The average Bonchev–Trinajstić information content (AvgIpc) is 2.82. The number of alkyl carbamates (subject to hydrolysis) is 2. The van der Waals surface area contributed by atoms with E-state index in [1.807, 2.05) is 67.6 Å². The maximum absolute atomic E-state index is 12.2. The first-order valence-electron chi connectivity index (χ1n) is 10.8. The van der Waals surface area contributed by atoms with Crippen molar-refractivity contribution >= 4 is 24.1 Å². The Morgan fingerprint density at radius 2 is 1.42 bits per heavy atom. The Morgan fingerprint density at radius 3 is 1.88 bits per heavy atom. The summed E-state index contributed by atoms with van der Waals surface area (Å²) in [6.45, 7) is 2.42. The molecule has 33 heavy (non-hydrogen) atoms. The lowest BCUT2D eigenvalue weighted by Crippen LogP contribution is -2.56. The van der Waals surface area contributed by atoms with E-state index in [9.17, 15) is 14.4 Å². The number of aliphatic imine (C=N–C) groups is 1. The Labute approximate surface area is 192 Å². The van der Waals surface area contributed by atoms with Crippen molar-refractivity contribution < 1.29 is 23.9 Å². The number of carbonyl (C=O) groups is 3. The highest BCUT2D eigenvalue weighted by atomic mass is 16.6. The summed E-state index contributed by atoms with van der Waals surface area (Å²) in [5.74, 6) is -0.0644. The number of rotatable bonds is 8. The van der Waals surface area contributed by atoms with E-state index in [4.69, 9.17) is 9.47 Å². The molecule has 2 aromatic rings. The van der Waals surface area contributed by atoms with Crippen LogP contribution in [-0.2, 0) is 27.5 Å². The van der Waals surface area contributed by atoms with E-state index < -0.39 is 12.2 Å². The molecule has 0 aromatic heterocycles. The van der Waals surface area contributed by atoms with Gasteiger partial charge in [0.25, 0.3) is 0 Å². The largest absolute Gasteiger partial charge is 0.444 e. The Kier molecular flexibility index (Phi) is 8.81. The van der Waals surface area contributed by atoms with Gasteiger partial charge in [0.05, 0.1) is 5.92 Å². The van der Waals surface area contributed by atoms with E-state index in [0.29, 0.717) is 19.4 Å². The summed E-state index contributed by atoms with van der Waals surface area (Å²) in [5.41, 5.74) is 1.66. The molecule has 2 atom stereocenters. The fourth-order valence-electron chi connectivity index (χ4n) is 3.27. The van der Waals surface area contributed by atoms with Crippen LogP contribution in [0.2, 0.25) is 0 Å². The number of ether oxygens (including phenoxy) is 2.